The number of fused-ring (bicyclic) bond motifs is 1. The van der Waals surface area contributed by atoms with Gasteiger partial charge in [0.1, 0.15) is 0 Å². The minimum absolute atomic E-state index is 0.232. The Morgan fingerprint density at radius 2 is 2.05 bits per heavy atom. The van der Waals surface area contributed by atoms with E-state index in [0.717, 1.165) is 29.2 Å². The van der Waals surface area contributed by atoms with Crippen molar-refractivity contribution in [2.24, 2.45) is 0 Å². The van der Waals surface area contributed by atoms with Crippen molar-refractivity contribution in [3.8, 4) is 0 Å². The van der Waals surface area contributed by atoms with E-state index in [9.17, 15) is 4.89 Å². The first-order valence-electron chi connectivity index (χ1n) is 6.80. The molecule has 0 radical (unpaired) electrons. The van der Waals surface area contributed by atoms with Crippen LogP contribution < -0.4 is 4.89 Å². The van der Waals surface area contributed by atoms with Gasteiger partial charge in [0.05, 0.1) is 7.11 Å². The van der Waals surface area contributed by atoms with Crippen LogP contribution in [-0.4, -0.2) is 7.11 Å². The third-order valence-electron chi connectivity index (χ3n) is 3.85. The van der Waals surface area contributed by atoms with E-state index in [4.69, 9.17) is 9.05 Å². The van der Waals surface area contributed by atoms with Gasteiger partial charge in [-0.3, -0.25) is 0 Å². The van der Waals surface area contributed by atoms with Gasteiger partial charge < -0.3 is 9.42 Å². The summed E-state index contributed by atoms with van der Waals surface area (Å²) in [6, 6.07) is 14.2. The lowest BCUT2D eigenvalue weighted by Gasteiger charge is -2.37. The summed E-state index contributed by atoms with van der Waals surface area (Å²) in [5, 5.41) is 2.25. The molecule has 0 N–H and O–H groups in total. The molecule has 1 fully saturated rings. The van der Waals surface area contributed by atoms with Crippen LogP contribution >= 0.6 is 23.9 Å². The van der Waals surface area contributed by atoms with E-state index < -0.39 is 7.94 Å². The maximum Gasteiger partial charge on any atom is 0.291 e. The van der Waals surface area contributed by atoms with Crippen LogP contribution in [0.3, 0.4) is 0 Å². The predicted octanol–water partition coefficient (Wildman–Crippen LogP) is 4.70. The van der Waals surface area contributed by atoms with Crippen molar-refractivity contribution in [1.82, 2.24) is 0 Å². The van der Waals surface area contributed by atoms with Crippen molar-refractivity contribution in [2.45, 2.75) is 18.5 Å². The first kappa shape index (κ1) is 15.0. The maximum atomic E-state index is 13.0. The second-order valence-electron chi connectivity index (χ2n) is 5.01. The average Bonchev–Trinajstić information content (AvgIpc) is 2.54. The van der Waals surface area contributed by atoms with E-state index in [1.54, 1.807) is 4.99 Å². The lowest BCUT2D eigenvalue weighted by molar-refractivity contribution is -0.218. The molecule has 3 rings (SSSR count). The molecule has 1 aliphatic rings. The Balaban J connectivity index is 2.09. The number of rotatable bonds is 2. The molecule has 0 spiro atoms. The number of benzene rings is 2. The monoisotopic (exact) mass is 366 g/mol. The molecule has 5 heteroatoms. The number of hydrogen-bond donors (Lipinski definition) is 0. The van der Waals surface area contributed by atoms with Crippen LogP contribution in [0.5, 0.6) is 0 Å². The first-order chi connectivity index (χ1) is 10.2. The summed E-state index contributed by atoms with van der Waals surface area (Å²) < 4.78 is 10.9. The highest BCUT2D eigenvalue weighted by Gasteiger charge is 2.46. The summed E-state index contributed by atoms with van der Waals surface area (Å²) in [5.74, 6) is 0.677. The van der Waals surface area contributed by atoms with Gasteiger partial charge in [0.2, 0.25) is 0 Å². The Labute approximate surface area is 133 Å². The number of halogens is 1. The fraction of sp³-hybridized carbons (Fsp3) is 0.250. The van der Waals surface area contributed by atoms with Crippen LogP contribution in [0.1, 0.15) is 24.1 Å². The number of allylic oxidation sites excluding steroid dienone is 1. The molecule has 0 aromatic heterocycles. The Kier molecular flexibility index (Phi) is 4.32. The summed E-state index contributed by atoms with van der Waals surface area (Å²) in [7, 11) is -1.75. The van der Waals surface area contributed by atoms with E-state index in [0.29, 0.717) is 5.76 Å². The molecule has 0 saturated carbocycles. The standard InChI is InChI=1S/C16H16BrO3P/c1-19-21(18)16(10-9-13(11-17)20-21)15-8-4-6-12-5-2-3-7-14(12)15/h2-8,11,16H,9-10H2,1H3/b13-11+. The smallest absolute Gasteiger partial charge is 0.291 e. The van der Waals surface area contributed by atoms with Gasteiger partial charge in [0.15, 0.2) is 11.4 Å². The largest absolute Gasteiger partial charge is 0.624 e. The Hall–Kier alpha value is -0.930. The van der Waals surface area contributed by atoms with Gasteiger partial charge in [-0.15, -0.1) is 0 Å². The molecular weight excluding hydrogens is 351 g/mol. The molecule has 0 aliphatic carbocycles. The van der Waals surface area contributed by atoms with Crippen molar-refractivity contribution in [2.75, 3.05) is 7.11 Å². The minimum atomic E-state index is -3.20. The van der Waals surface area contributed by atoms with Gasteiger partial charge in [-0.1, -0.05) is 58.4 Å². The fourth-order valence-electron chi connectivity index (χ4n) is 2.82. The Morgan fingerprint density at radius 3 is 2.81 bits per heavy atom. The SMILES string of the molecule is CO[P+]1([O-])O/C(=C/Br)CCC1c1cccc2ccccc12. The van der Waals surface area contributed by atoms with E-state index in [-0.39, 0.29) is 5.66 Å². The maximum absolute atomic E-state index is 13.0. The van der Waals surface area contributed by atoms with Gasteiger partial charge in [-0.25, -0.2) is 4.52 Å². The second kappa shape index (κ2) is 6.05. The highest BCUT2D eigenvalue weighted by molar-refractivity contribution is 9.11. The predicted molar refractivity (Wildman–Crippen MR) is 87.9 cm³/mol. The molecule has 3 nitrogen and oxygen atoms in total. The molecule has 2 aromatic carbocycles. The van der Waals surface area contributed by atoms with Gasteiger partial charge in [-0.05, 0) is 10.8 Å². The van der Waals surface area contributed by atoms with Crippen LogP contribution in [0.2, 0.25) is 0 Å². The molecule has 21 heavy (non-hydrogen) atoms. The van der Waals surface area contributed by atoms with Crippen molar-refractivity contribution < 1.29 is 13.9 Å². The van der Waals surface area contributed by atoms with E-state index in [1.165, 1.54) is 7.11 Å². The van der Waals surface area contributed by atoms with E-state index in [1.807, 2.05) is 24.3 Å². The van der Waals surface area contributed by atoms with Crippen LogP contribution in [0.4, 0.5) is 0 Å². The molecule has 0 amide bonds. The van der Waals surface area contributed by atoms with Gasteiger partial charge >= 0.3 is 0 Å². The molecule has 1 saturated heterocycles. The van der Waals surface area contributed by atoms with Gasteiger partial charge in [0.25, 0.3) is 7.94 Å². The quantitative estimate of drug-likeness (QED) is 0.723. The van der Waals surface area contributed by atoms with Crippen LogP contribution in [0.15, 0.2) is 53.2 Å². The minimum Gasteiger partial charge on any atom is -0.624 e. The van der Waals surface area contributed by atoms with Gasteiger partial charge in [0, 0.05) is 23.4 Å². The fourth-order valence-corrected chi connectivity index (χ4v) is 5.22. The molecule has 1 aliphatic heterocycles. The zero-order chi connectivity index (χ0) is 14.9. The Morgan fingerprint density at radius 1 is 1.29 bits per heavy atom. The van der Waals surface area contributed by atoms with Crippen LogP contribution in [0.25, 0.3) is 10.8 Å². The van der Waals surface area contributed by atoms with E-state index in [2.05, 4.69) is 34.1 Å². The summed E-state index contributed by atoms with van der Waals surface area (Å²) in [4.78, 5) is 14.7. The average molecular weight is 367 g/mol. The van der Waals surface area contributed by atoms with Crippen molar-refractivity contribution in [3.05, 3.63) is 58.8 Å². The van der Waals surface area contributed by atoms with Crippen molar-refractivity contribution in [3.63, 3.8) is 0 Å². The first-order valence-corrected chi connectivity index (χ1v) is 9.32. The van der Waals surface area contributed by atoms with E-state index >= 15 is 0 Å². The highest BCUT2D eigenvalue weighted by atomic mass is 79.9. The molecule has 2 atom stereocenters. The molecule has 2 unspecified atom stereocenters. The molecule has 110 valence electrons. The van der Waals surface area contributed by atoms with Crippen LogP contribution in [-0.2, 0) is 9.05 Å². The summed E-state index contributed by atoms with van der Waals surface area (Å²) in [6.07, 6.45) is 1.49. The normalized spacial score (nSPS) is 27.8. The van der Waals surface area contributed by atoms with Crippen LogP contribution in [0, 0.1) is 0 Å². The number of hydrogen-bond acceptors (Lipinski definition) is 3. The molecule has 0 bridgehead atoms. The molecule has 1 heterocycles. The summed E-state index contributed by atoms with van der Waals surface area (Å²) in [6.45, 7) is 0. The van der Waals surface area contributed by atoms with Gasteiger partial charge in [-0.2, -0.15) is 0 Å². The summed E-state index contributed by atoms with van der Waals surface area (Å²) in [5.41, 5.74) is 0.803. The second-order valence-corrected chi connectivity index (χ2v) is 7.72. The molecular formula is C16H16BrO3P. The third-order valence-corrected chi connectivity index (χ3v) is 6.66. The zero-order valence-electron chi connectivity index (χ0n) is 11.7. The Bertz CT molecular complexity index is 683. The highest BCUT2D eigenvalue weighted by Crippen LogP contribution is 2.70. The lowest BCUT2D eigenvalue weighted by atomic mass is 9.99. The van der Waals surface area contributed by atoms with Crippen molar-refractivity contribution >= 4 is 34.6 Å². The lowest BCUT2D eigenvalue weighted by Crippen LogP contribution is -2.25. The van der Waals surface area contributed by atoms with Crippen molar-refractivity contribution in [1.29, 1.82) is 0 Å². The molecule has 2 aromatic rings. The third kappa shape index (κ3) is 2.74. The topological polar surface area (TPSA) is 41.5 Å². The zero-order valence-corrected chi connectivity index (χ0v) is 14.1. The summed E-state index contributed by atoms with van der Waals surface area (Å²) >= 11 is 3.24.